The van der Waals surface area contributed by atoms with E-state index in [9.17, 15) is 19.5 Å². The zero-order chi connectivity index (χ0) is 31.2. The first kappa shape index (κ1) is 29.9. The van der Waals surface area contributed by atoms with Crippen LogP contribution in [0.3, 0.4) is 0 Å². The van der Waals surface area contributed by atoms with E-state index in [0.717, 1.165) is 16.5 Å². The summed E-state index contributed by atoms with van der Waals surface area (Å²) in [5.74, 6) is -0.411. The maximum Gasteiger partial charge on any atom is 0.410 e. The Bertz CT molecular complexity index is 1750. The third kappa shape index (κ3) is 5.70. The highest BCUT2D eigenvalue weighted by molar-refractivity contribution is 6.06. The molecule has 6 rings (SSSR count). The average Bonchev–Trinajstić information content (AvgIpc) is 3.30. The van der Waals surface area contributed by atoms with E-state index in [1.54, 1.807) is 4.90 Å². The van der Waals surface area contributed by atoms with Crippen LogP contribution in [-0.2, 0) is 23.1 Å². The Labute approximate surface area is 256 Å². The number of aliphatic hydroxyl groups is 1. The molecule has 10 nitrogen and oxygen atoms in total. The Morgan fingerprint density at radius 2 is 1.68 bits per heavy atom. The lowest BCUT2D eigenvalue weighted by atomic mass is 9.79. The number of ether oxygens (including phenoxy) is 1. The number of para-hydroxylation sites is 1. The molecule has 2 amide bonds. The number of amides is 2. The fourth-order valence-electron chi connectivity index (χ4n) is 6.81. The predicted octanol–water partition coefficient (Wildman–Crippen LogP) is 4.28. The van der Waals surface area contributed by atoms with Gasteiger partial charge in [-0.3, -0.25) is 14.2 Å². The van der Waals surface area contributed by atoms with Crippen molar-refractivity contribution < 1.29 is 19.4 Å². The average molecular weight is 600 g/mol. The van der Waals surface area contributed by atoms with Gasteiger partial charge >= 0.3 is 6.09 Å². The number of hydrogen-bond donors (Lipinski definition) is 1. The number of carbonyl (C=O) groups excluding carboxylic acids is 2. The van der Waals surface area contributed by atoms with Gasteiger partial charge in [0.1, 0.15) is 17.6 Å². The molecule has 44 heavy (non-hydrogen) atoms. The Hall–Kier alpha value is -4.18. The van der Waals surface area contributed by atoms with E-state index in [1.807, 2.05) is 91.9 Å². The molecule has 1 N–H and O–H groups in total. The first-order valence-corrected chi connectivity index (χ1v) is 15.4. The smallest absolute Gasteiger partial charge is 0.410 e. The third-order valence-corrected chi connectivity index (χ3v) is 9.15. The largest absolute Gasteiger partial charge is 0.444 e. The number of aromatic nitrogens is 3. The SMILES string of the molecule is Cn1c2ccccc2c2c(=O)n(CC3(O)CCN(C(=O)[C@@H]4CCN(C(=O)OC(C)(C)C)C[C@H]4c4ccccc4)CC3)cnc21. The van der Waals surface area contributed by atoms with E-state index in [2.05, 4.69) is 4.98 Å². The summed E-state index contributed by atoms with van der Waals surface area (Å²) in [6, 6.07) is 17.6. The van der Waals surface area contributed by atoms with E-state index in [4.69, 9.17) is 4.74 Å². The number of hydrogen-bond acceptors (Lipinski definition) is 6. The van der Waals surface area contributed by atoms with Crippen molar-refractivity contribution in [2.75, 3.05) is 26.2 Å². The highest BCUT2D eigenvalue weighted by atomic mass is 16.6. The second-order valence-corrected chi connectivity index (χ2v) is 13.3. The lowest BCUT2D eigenvalue weighted by Gasteiger charge is -2.43. The number of benzene rings is 2. The van der Waals surface area contributed by atoms with E-state index in [1.165, 1.54) is 10.9 Å². The third-order valence-electron chi connectivity index (χ3n) is 9.15. The van der Waals surface area contributed by atoms with E-state index in [0.29, 0.717) is 56.5 Å². The number of piperidine rings is 2. The number of likely N-dealkylation sites (tertiary alicyclic amines) is 2. The number of aryl methyl sites for hydroxylation is 1. The van der Waals surface area contributed by atoms with Crippen molar-refractivity contribution in [2.24, 2.45) is 13.0 Å². The molecule has 0 spiro atoms. The maximum atomic E-state index is 14.0. The van der Waals surface area contributed by atoms with Crippen LogP contribution < -0.4 is 5.56 Å². The molecular weight excluding hydrogens is 558 g/mol. The molecule has 0 saturated carbocycles. The second-order valence-electron chi connectivity index (χ2n) is 13.3. The fraction of sp³-hybridized carbons (Fsp3) is 0.471. The van der Waals surface area contributed by atoms with Crippen LogP contribution in [0.1, 0.15) is 51.5 Å². The number of rotatable bonds is 4. The monoisotopic (exact) mass is 599 g/mol. The minimum absolute atomic E-state index is 0.0424. The molecule has 2 aromatic carbocycles. The number of carbonyl (C=O) groups is 2. The topological polar surface area (TPSA) is 110 Å². The van der Waals surface area contributed by atoms with Gasteiger partial charge in [-0.05, 0) is 51.7 Å². The summed E-state index contributed by atoms with van der Waals surface area (Å²) in [5.41, 5.74) is 0.647. The second kappa shape index (κ2) is 11.4. The van der Waals surface area contributed by atoms with Gasteiger partial charge in [0, 0.05) is 50.4 Å². The fourth-order valence-corrected chi connectivity index (χ4v) is 6.81. The van der Waals surface area contributed by atoms with Gasteiger partial charge in [0.25, 0.3) is 5.56 Å². The highest BCUT2D eigenvalue weighted by Gasteiger charge is 2.42. The minimum Gasteiger partial charge on any atom is -0.444 e. The van der Waals surface area contributed by atoms with Crippen molar-refractivity contribution >= 4 is 33.9 Å². The molecule has 2 aromatic heterocycles. The minimum atomic E-state index is -1.14. The summed E-state index contributed by atoms with van der Waals surface area (Å²) in [7, 11) is 1.89. The molecule has 10 heteroatoms. The molecule has 4 aromatic rings. The zero-order valence-corrected chi connectivity index (χ0v) is 25.9. The van der Waals surface area contributed by atoms with Gasteiger partial charge < -0.3 is 24.2 Å². The highest BCUT2D eigenvalue weighted by Crippen LogP contribution is 2.36. The Balaban J connectivity index is 1.16. The predicted molar refractivity (Wildman–Crippen MR) is 168 cm³/mol. The summed E-state index contributed by atoms with van der Waals surface area (Å²) in [6.45, 7) is 7.29. The molecule has 2 aliphatic heterocycles. The van der Waals surface area contributed by atoms with Gasteiger partial charge in [0.05, 0.1) is 23.0 Å². The first-order valence-electron chi connectivity index (χ1n) is 15.4. The van der Waals surface area contributed by atoms with Crippen LogP contribution in [0.25, 0.3) is 21.9 Å². The molecule has 2 atom stereocenters. The summed E-state index contributed by atoms with van der Waals surface area (Å²) < 4.78 is 9.05. The van der Waals surface area contributed by atoms with Gasteiger partial charge in [0.15, 0.2) is 0 Å². The van der Waals surface area contributed by atoms with E-state index >= 15 is 0 Å². The summed E-state index contributed by atoms with van der Waals surface area (Å²) in [4.78, 5) is 48.6. The summed E-state index contributed by atoms with van der Waals surface area (Å²) in [5, 5.41) is 13.0. The van der Waals surface area contributed by atoms with Crippen LogP contribution in [-0.4, -0.2) is 78.4 Å². The van der Waals surface area contributed by atoms with Crippen molar-refractivity contribution in [2.45, 2.75) is 63.7 Å². The number of fused-ring (bicyclic) bond motifs is 3. The zero-order valence-electron chi connectivity index (χ0n) is 25.9. The first-order chi connectivity index (χ1) is 20.9. The van der Waals surface area contributed by atoms with E-state index < -0.39 is 11.2 Å². The van der Waals surface area contributed by atoms with Crippen LogP contribution in [0.2, 0.25) is 0 Å². The van der Waals surface area contributed by atoms with Crippen molar-refractivity contribution in [1.29, 1.82) is 0 Å². The molecule has 0 bridgehead atoms. The Kier molecular flexibility index (Phi) is 7.73. The van der Waals surface area contributed by atoms with Crippen molar-refractivity contribution in [3.8, 4) is 0 Å². The van der Waals surface area contributed by atoms with Crippen LogP contribution in [0.15, 0.2) is 65.7 Å². The molecule has 2 fully saturated rings. The molecule has 2 saturated heterocycles. The van der Waals surface area contributed by atoms with Crippen molar-refractivity contribution in [1.82, 2.24) is 23.9 Å². The molecule has 0 aliphatic carbocycles. The quantitative estimate of drug-likeness (QED) is 0.375. The lowest BCUT2D eigenvalue weighted by Crippen LogP contribution is -2.53. The number of nitrogens with zero attached hydrogens (tertiary/aromatic N) is 5. The molecular formula is C34H41N5O5. The molecule has 4 heterocycles. The van der Waals surface area contributed by atoms with Crippen LogP contribution in [0.4, 0.5) is 4.79 Å². The van der Waals surface area contributed by atoms with Gasteiger partial charge in [0.2, 0.25) is 5.91 Å². The van der Waals surface area contributed by atoms with Crippen LogP contribution >= 0.6 is 0 Å². The van der Waals surface area contributed by atoms with Gasteiger partial charge in [-0.1, -0.05) is 48.5 Å². The van der Waals surface area contributed by atoms with Crippen LogP contribution in [0.5, 0.6) is 0 Å². The van der Waals surface area contributed by atoms with Crippen LogP contribution in [0, 0.1) is 5.92 Å². The van der Waals surface area contributed by atoms with E-state index in [-0.39, 0.29) is 35.9 Å². The molecule has 232 valence electrons. The summed E-state index contributed by atoms with van der Waals surface area (Å²) in [6.07, 6.45) is 2.39. The summed E-state index contributed by atoms with van der Waals surface area (Å²) >= 11 is 0. The standard InChI is InChI=1S/C34H41N5O5/c1-33(2,3)44-32(42)38-17-14-24(26(20-38)23-10-6-5-7-11-23)30(40)37-18-15-34(43,16-19-37)21-39-22-35-29-28(31(39)41)25-12-8-9-13-27(25)36(29)4/h5-13,22,24,26,43H,14-21H2,1-4H3/t24-,26+/m1/s1. The van der Waals surface area contributed by atoms with Gasteiger partial charge in [-0.15, -0.1) is 0 Å². The molecule has 2 aliphatic rings. The van der Waals surface area contributed by atoms with Gasteiger partial charge in [-0.2, -0.15) is 0 Å². The van der Waals surface area contributed by atoms with Gasteiger partial charge in [-0.25, -0.2) is 9.78 Å². The normalized spacial score (nSPS) is 20.7. The van der Waals surface area contributed by atoms with Crippen molar-refractivity contribution in [3.05, 3.63) is 76.8 Å². The lowest BCUT2D eigenvalue weighted by molar-refractivity contribution is -0.142. The Morgan fingerprint density at radius 1 is 1.00 bits per heavy atom. The van der Waals surface area contributed by atoms with Crippen molar-refractivity contribution in [3.63, 3.8) is 0 Å². The Morgan fingerprint density at radius 3 is 2.39 bits per heavy atom. The molecule has 0 unspecified atom stereocenters. The molecule has 0 radical (unpaired) electrons. The maximum absolute atomic E-state index is 14.0.